The van der Waals surface area contributed by atoms with Gasteiger partial charge in [-0.1, -0.05) is 40.9 Å². The number of aryl methyl sites for hydroxylation is 3. The van der Waals surface area contributed by atoms with Crippen LogP contribution in [0.15, 0.2) is 24.4 Å². The Labute approximate surface area is 129 Å². The molecule has 1 heterocycles. The van der Waals surface area contributed by atoms with E-state index >= 15 is 0 Å². The molecule has 1 aromatic carbocycles. The molecule has 0 saturated carbocycles. The number of amides is 1. The topological polar surface area (TPSA) is 54.9 Å². The summed E-state index contributed by atoms with van der Waals surface area (Å²) < 4.78 is 0. The number of halogens is 1. The van der Waals surface area contributed by atoms with Crippen LogP contribution in [0, 0.1) is 20.8 Å². The Hall–Kier alpha value is -1.94. The van der Waals surface area contributed by atoms with E-state index in [4.69, 9.17) is 11.6 Å². The number of carbonyl (C=O) groups excluding carboxylic acids is 1. The van der Waals surface area contributed by atoms with Crippen LogP contribution in [-0.4, -0.2) is 22.4 Å². The quantitative estimate of drug-likeness (QED) is 0.944. The number of carbonyl (C=O) groups is 1. The third-order valence-corrected chi connectivity index (χ3v) is 3.34. The highest BCUT2D eigenvalue weighted by molar-refractivity contribution is 6.33. The molecule has 0 aliphatic carbocycles. The smallest absolute Gasteiger partial charge is 0.271 e. The van der Waals surface area contributed by atoms with E-state index in [1.807, 2.05) is 0 Å². The minimum Gasteiger partial charge on any atom is -0.350 e. The van der Waals surface area contributed by atoms with Crippen molar-refractivity contribution in [3.63, 3.8) is 0 Å². The SMILES string of the molecule is Cc1cc(C)cc(CCNC(=O)c2nc(C)ncc2Cl)c1. The second-order valence-electron chi connectivity index (χ2n) is 5.12. The summed E-state index contributed by atoms with van der Waals surface area (Å²) in [5, 5.41) is 3.11. The van der Waals surface area contributed by atoms with Crippen molar-refractivity contribution in [1.82, 2.24) is 15.3 Å². The number of aromatic nitrogens is 2. The lowest BCUT2D eigenvalue weighted by molar-refractivity contribution is 0.0949. The van der Waals surface area contributed by atoms with Gasteiger partial charge in [-0.25, -0.2) is 9.97 Å². The molecule has 110 valence electrons. The van der Waals surface area contributed by atoms with Crippen LogP contribution in [0.2, 0.25) is 5.02 Å². The summed E-state index contributed by atoms with van der Waals surface area (Å²) in [5.41, 5.74) is 3.89. The molecule has 1 N–H and O–H groups in total. The first-order chi connectivity index (χ1) is 9.95. The van der Waals surface area contributed by atoms with Gasteiger partial charge in [-0.3, -0.25) is 4.79 Å². The Morgan fingerprint density at radius 1 is 1.19 bits per heavy atom. The van der Waals surface area contributed by atoms with Crippen molar-refractivity contribution in [2.45, 2.75) is 27.2 Å². The summed E-state index contributed by atoms with van der Waals surface area (Å²) in [4.78, 5) is 20.1. The molecule has 0 aliphatic rings. The predicted molar refractivity (Wildman–Crippen MR) is 83.7 cm³/mol. The number of nitrogens with zero attached hydrogens (tertiary/aromatic N) is 2. The largest absolute Gasteiger partial charge is 0.350 e. The molecule has 5 heteroatoms. The van der Waals surface area contributed by atoms with E-state index in [9.17, 15) is 4.79 Å². The van der Waals surface area contributed by atoms with Crippen LogP contribution >= 0.6 is 11.6 Å². The lowest BCUT2D eigenvalue weighted by Crippen LogP contribution is -2.27. The van der Waals surface area contributed by atoms with Crippen LogP contribution in [-0.2, 0) is 6.42 Å². The number of hydrogen-bond acceptors (Lipinski definition) is 3. The van der Waals surface area contributed by atoms with Gasteiger partial charge in [0.2, 0.25) is 0 Å². The molecule has 0 saturated heterocycles. The number of rotatable bonds is 4. The minimum absolute atomic E-state index is 0.226. The second-order valence-corrected chi connectivity index (χ2v) is 5.52. The zero-order valence-corrected chi connectivity index (χ0v) is 13.2. The van der Waals surface area contributed by atoms with Gasteiger partial charge in [0, 0.05) is 6.54 Å². The third-order valence-electron chi connectivity index (χ3n) is 3.06. The van der Waals surface area contributed by atoms with E-state index in [0.717, 1.165) is 6.42 Å². The lowest BCUT2D eigenvalue weighted by Gasteiger charge is -2.08. The van der Waals surface area contributed by atoms with Crippen LogP contribution in [0.4, 0.5) is 0 Å². The van der Waals surface area contributed by atoms with Gasteiger partial charge in [0.05, 0.1) is 11.2 Å². The molecule has 0 atom stereocenters. The Bertz CT molecular complexity index is 650. The van der Waals surface area contributed by atoms with Crippen LogP contribution in [0.3, 0.4) is 0 Å². The highest BCUT2D eigenvalue weighted by atomic mass is 35.5. The van der Waals surface area contributed by atoms with Crippen LogP contribution < -0.4 is 5.32 Å². The Balaban J connectivity index is 1.96. The predicted octanol–water partition coefficient (Wildman–Crippen LogP) is 3.03. The van der Waals surface area contributed by atoms with Gasteiger partial charge in [-0.05, 0) is 32.8 Å². The molecule has 1 amide bonds. The zero-order valence-electron chi connectivity index (χ0n) is 12.4. The summed E-state index contributed by atoms with van der Waals surface area (Å²) in [7, 11) is 0. The monoisotopic (exact) mass is 303 g/mol. The number of hydrogen-bond donors (Lipinski definition) is 1. The van der Waals surface area contributed by atoms with Crippen molar-refractivity contribution in [2.75, 3.05) is 6.54 Å². The van der Waals surface area contributed by atoms with Crippen molar-refractivity contribution in [3.05, 3.63) is 57.6 Å². The maximum atomic E-state index is 12.1. The lowest BCUT2D eigenvalue weighted by atomic mass is 10.1. The average molecular weight is 304 g/mol. The number of nitrogens with one attached hydrogen (secondary N) is 1. The van der Waals surface area contributed by atoms with Crippen LogP contribution in [0.1, 0.15) is 33.0 Å². The first-order valence-electron chi connectivity index (χ1n) is 6.80. The molecule has 2 aromatic rings. The summed E-state index contributed by atoms with van der Waals surface area (Å²) >= 11 is 5.94. The fraction of sp³-hybridized carbons (Fsp3) is 0.312. The molecule has 0 unspecified atom stereocenters. The molecular formula is C16H18ClN3O. The van der Waals surface area contributed by atoms with Crippen molar-refractivity contribution in [3.8, 4) is 0 Å². The third kappa shape index (κ3) is 4.26. The highest BCUT2D eigenvalue weighted by Crippen LogP contribution is 2.12. The maximum absolute atomic E-state index is 12.1. The fourth-order valence-corrected chi connectivity index (χ4v) is 2.41. The van der Waals surface area contributed by atoms with E-state index in [0.29, 0.717) is 12.4 Å². The fourth-order valence-electron chi connectivity index (χ4n) is 2.23. The Morgan fingerprint density at radius 2 is 1.86 bits per heavy atom. The number of benzene rings is 1. The Kier molecular flexibility index (Phi) is 4.91. The molecule has 4 nitrogen and oxygen atoms in total. The summed E-state index contributed by atoms with van der Waals surface area (Å²) in [6.45, 7) is 6.40. The van der Waals surface area contributed by atoms with Crippen molar-refractivity contribution >= 4 is 17.5 Å². The standard InChI is InChI=1S/C16H18ClN3O/c1-10-6-11(2)8-13(7-10)4-5-18-16(21)15-14(17)9-19-12(3)20-15/h6-9H,4-5H2,1-3H3,(H,18,21). The van der Waals surface area contributed by atoms with Crippen LogP contribution in [0.5, 0.6) is 0 Å². The highest BCUT2D eigenvalue weighted by Gasteiger charge is 2.12. The van der Waals surface area contributed by atoms with Crippen molar-refractivity contribution in [1.29, 1.82) is 0 Å². The molecule has 0 radical (unpaired) electrons. The minimum atomic E-state index is -0.269. The molecule has 21 heavy (non-hydrogen) atoms. The molecule has 0 bridgehead atoms. The molecule has 2 rings (SSSR count). The van der Waals surface area contributed by atoms with Gasteiger partial charge in [0.15, 0.2) is 0 Å². The summed E-state index contributed by atoms with van der Waals surface area (Å²) in [6, 6.07) is 6.38. The van der Waals surface area contributed by atoms with E-state index in [-0.39, 0.29) is 16.6 Å². The van der Waals surface area contributed by atoms with Gasteiger partial charge in [0.25, 0.3) is 5.91 Å². The van der Waals surface area contributed by atoms with E-state index in [1.54, 1.807) is 6.92 Å². The first-order valence-corrected chi connectivity index (χ1v) is 7.18. The van der Waals surface area contributed by atoms with E-state index < -0.39 is 0 Å². The Morgan fingerprint density at radius 3 is 2.52 bits per heavy atom. The van der Waals surface area contributed by atoms with Gasteiger partial charge in [-0.15, -0.1) is 0 Å². The zero-order chi connectivity index (χ0) is 15.4. The van der Waals surface area contributed by atoms with Crippen molar-refractivity contribution in [2.24, 2.45) is 0 Å². The summed E-state index contributed by atoms with van der Waals surface area (Å²) in [6.07, 6.45) is 2.22. The van der Waals surface area contributed by atoms with Crippen LogP contribution in [0.25, 0.3) is 0 Å². The van der Waals surface area contributed by atoms with Gasteiger partial charge in [0.1, 0.15) is 11.5 Å². The van der Waals surface area contributed by atoms with Gasteiger partial charge < -0.3 is 5.32 Å². The van der Waals surface area contributed by atoms with Gasteiger partial charge >= 0.3 is 0 Å². The van der Waals surface area contributed by atoms with E-state index in [1.165, 1.54) is 22.9 Å². The molecular weight excluding hydrogens is 286 g/mol. The molecule has 1 aromatic heterocycles. The molecule has 0 aliphatic heterocycles. The molecule has 0 fully saturated rings. The van der Waals surface area contributed by atoms with Crippen molar-refractivity contribution < 1.29 is 4.79 Å². The average Bonchev–Trinajstić information content (AvgIpc) is 2.40. The van der Waals surface area contributed by atoms with Gasteiger partial charge in [-0.2, -0.15) is 0 Å². The first kappa shape index (κ1) is 15.4. The normalized spacial score (nSPS) is 10.5. The van der Waals surface area contributed by atoms with E-state index in [2.05, 4.69) is 47.3 Å². The maximum Gasteiger partial charge on any atom is 0.271 e. The summed E-state index contributed by atoms with van der Waals surface area (Å²) in [5.74, 6) is 0.258. The second kappa shape index (κ2) is 6.68. The molecule has 0 spiro atoms.